The van der Waals surface area contributed by atoms with Crippen molar-refractivity contribution in [1.82, 2.24) is 0 Å². The minimum atomic E-state index is 0.835. The molecule has 0 unspecified atom stereocenters. The lowest BCUT2D eigenvalue weighted by Gasteiger charge is -2.19. The highest BCUT2D eigenvalue weighted by Crippen LogP contribution is 2.24. The third kappa shape index (κ3) is 4.13. The highest BCUT2D eigenvalue weighted by molar-refractivity contribution is 5.38. The van der Waals surface area contributed by atoms with E-state index in [9.17, 15) is 0 Å². The van der Waals surface area contributed by atoms with E-state index in [0.717, 1.165) is 18.8 Å². The first-order chi connectivity index (χ1) is 10.8. The van der Waals surface area contributed by atoms with E-state index in [1.807, 2.05) is 0 Å². The van der Waals surface area contributed by atoms with Gasteiger partial charge in [-0.1, -0.05) is 48.7 Å². The van der Waals surface area contributed by atoms with Crippen LogP contribution in [0.15, 0.2) is 42.5 Å². The van der Waals surface area contributed by atoms with Gasteiger partial charge in [0.15, 0.2) is 0 Å². The lowest BCUT2D eigenvalue weighted by molar-refractivity contribution is 0.304. The van der Waals surface area contributed by atoms with Crippen molar-refractivity contribution in [2.45, 2.75) is 51.9 Å². The summed E-state index contributed by atoms with van der Waals surface area (Å²) in [4.78, 5) is 0. The highest BCUT2D eigenvalue weighted by atomic mass is 16.5. The molecule has 1 aliphatic rings. The second kappa shape index (κ2) is 7.49. The summed E-state index contributed by atoms with van der Waals surface area (Å²) in [6, 6.07) is 15.4. The number of unbranched alkanes of at least 4 members (excludes halogenated alkanes) is 3. The molecule has 0 radical (unpaired) electrons. The monoisotopic (exact) mass is 294 g/mol. The molecule has 0 fully saturated rings. The lowest BCUT2D eigenvalue weighted by Crippen LogP contribution is -2.08. The summed E-state index contributed by atoms with van der Waals surface area (Å²) in [6.45, 7) is 2.94. The summed E-state index contributed by atoms with van der Waals surface area (Å²) >= 11 is 0. The van der Waals surface area contributed by atoms with Crippen LogP contribution in [0.2, 0.25) is 0 Å². The molecule has 3 rings (SSSR count). The molecule has 0 heterocycles. The molecule has 0 saturated carbocycles. The third-order valence-corrected chi connectivity index (χ3v) is 4.58. The zero-order valence-corrected chi connectivity index (χ0v) is 13.6. The molecule has 0 N–H and O–H groups in total. The van der Waals surface area contributed by atoms with Gasteiger partial charge in [0.2, 0.25) is 0 Å². The Hall–Kier alpha value is -1.76. The molecule has 0 amide bonds. The summed E-state index contributed by atoms with van der Waals surface area (Å²) < 4.78 is 5.76. The summed E-state index contributed by atoms with van der Waals surface area (Å²) in [5, 5.41) is 0. The van der Waals surface area contributed by atoms with Crippen molar-refractivity contribution < 1.29 is 4.74 Å². The Kier molecular flexibility index (Phi) is 5.15. The van der Waals surface area contributed by atoms with Gasteiger partial charge in [-0.25, -0.2) is 0 Å². The quantitative estimate of drug-likeness (QED) is 0.602. The van der Waals surface area contributed by atoms with Crippen LogP contribution in [0.4, 0.5) is 0 Å². The number of ether oxygens (including phenoxy) is 1. The number of hydrogen-bond donors (Lipinski definition) is 0. The summed E-state index contributed by atoms with van der Waals surface area (Å²) in [5.74, 6) is 0.993. The Labute approximate surface area is 134 Å². The maximum Gasteiger partial charge on any atom is 0.119 e. The maximum absolute atomic E-state index is 5.76. The molecule has 0 aliphatic heterocycles. The van der Waals surface area contributed by atoms with Crippen molar-refractivity contribution >= 4 is 0 Å². The zero-order valence-electron chi connectivity index (χ0n) is 13.6. The average molecular weight is 294 g/mol. The van der Waals surface area contributed by atoms with E-state index in [1.54, 1.807) is 11.1 Å². The summed E-state index contributed by atoms with van der Waals surface area (Å²) in [5.41, 5.74) is 5.96. The lowest BCUT2D eigenvalue weighted by atomic mass is 9.86. The van der Waals surface area contributed by atoms with E-state index in [-0.39, 0.29) is 0 Å². The zero-order chi connectivity index (χ0) is 15.2. The van der Waals surface area contributed by atoms with Crippen LogP contribution in [0.25, 0.3) is 0 Å². The van der Waals surface area contributed by atoms with Gasteiger partial charge in [-0.05, 0) is 67.9 Å². The predicted octanol–water partition coefficient (Wildman–Crippen LogP) is 5.28. The van der Waals surface area contributed by atoms with Crippen molar-refractivity contribution in [2.75, 3.05) is 6.61 Å². The summed E-state index contributed by atoms with van der Waals surface area (Å²) in [6.07, 6.45) is 8.81. The fourth-order valence-corrected chi connectivity index (χ4v) is 3.01. The van der Waals surface area contributed by atoms with Crippen LogP contribution in [0, 0.1) is 6.92 Å². The van der Waals surface area contributed by atoms with Crippen molar-refractivity contribution in [1.29, 1.82) is 0 Å². The molecule has 1 nitrogen and oxygen atoms in total. The van der Waals surface area contributed by atoms with Gasteiger partial charge in [0.1, 0.15) is 5.75 Å². The number of aryl methyl sites for hydroxylation is 4. The van der Waals surface area contributed by atoms with Gasteiger partial charge in [-0.15, -0.1) is 0 Å². The first kappa shape index (κ1) is 15.1. The van der Waals surface area contributed by atoms with Crippen LogP contribution in [0.5, 0.6) is 5.75 Å². The van der Waals surface area contributed by atoms with E-state index >= 15 is 0 Å². The fourth-order valence-electron chi connectivity index (χ4n) is 3.01. The first-order valence-electron chi connectivity index (χ1n) is 8.61. The highest BCUT2D eigenvalue weighted by Gasteiger charge is 2.12. The Balaban J connectivity index is 1.26. The number of fused-ring (bicyclic) bond motifs is 1. The van der Waals surface area contributed by atoms with Gasteiger partial charge in [-0.2, -0.15) is 0 Å². The molecular formula is C21H26O. The number of benzene rings is 2. The van der Waals surface area contributed by atoms with Gasteiger partial charge in [-0.3, -0.25) is 0 Å². The molecule has 116 valence electrons. The van der Waals surface area contributed by atoms with E-state index < -0.39 is 0 Å². The van der Waals surface area contributed by atoms with E-state index in [4.69, 9.17) is 4.74 Å². The Morgan fingerprint density at radius 2 is 1.59 bits per heavy atom. The van der Waals surface area contributed by atoms with Crippen LogP contribution >= 0.6 is 0 Å². The van der Waals surface area contributed by atoms with Crippen LogP contribution in [-0.4, -0.2) is 6.61 Å². The number of rotatable bonds is 8. The van der Waals surface area contributed by atoms with E-state index in [0.29, 0.717) is 0 Å². The Morgan fingerprint density at radius 3 is 2.32 bits per heavy atom. The first-order valence-corrected chi connectivity index (χ1v) is 8.61. The molecule has 2 aromatic rings. The van der Waals surface area contributed by atoms with Crippen molar-refractivity contribution in [2.24, 2.45) is 0 Å². The second-order valence-electron chi connectivity index (χ2n) is 6.43. The molecule has 0 atom stereocenters. The predicted molar refractivity (Wildman–Crippen MR) is 92.7 cm³/mol. The molecule has 1 heteroatoms. The van der Waals surface area contributed by atoms with E-state index in [1.165, 1.54) is 49.7 Å². The topological polar surface area (TPSA) is 9.23 Å². The normalized spacial score (nSPS) is 12.6. The van der Waals surface area contributed by atoms with Crippen molar-refractivity contribution in [3.8, 4) is 5.75 Å². The van der Waals surface area contributed by atoms with Crippen LogP contribution < -0.4 is 4.74 Å². The molecule has 2 aromatic carbocycles. The molecule has 0 saturated heterocycles. The van der Waals surface area contributed by atoms with Gasteiger partial charge >= 0.3 is 0 Å². The van der Waals surface area contributed by atoms with Crippen LogP contribution in [-0.2, 0) is 19.3 Å². The SMILES string of the molecule is Cc1ccc(OCCCCCCc2ccc3c(c2)CC3)cc1. The van der Waals surface area contributed by atoms with Crippen molar-refractivity contribution in [3.63, 3.8) is 0 Å². The third-order valence-electron chi connectivity index (χ3n) is 4.58. The minimum Gasteiger partial charge on any atom is -0.494 e. The summed E-state index contributed by atoms with van der Waals surface area (Å²) in [7, 11) is 0. The molecule has 1 aliphatic carbocycles. The Bertz CT molecular complexity index is 598. The van der Waals surface area contributed by atoms with Crippen molar-refractivity contribution in [3.05, 3.63) is 64.7 Å². The molecule has 0 bridgehead atoms. The number of hydrogen-bond acceptors (Lipinski definition) is 1. The Morgan fingerprint density at radius 1 is 0.818 bits per heavy atom. The van der Waals surface area contributed by atoms with Gasteiger partial charge in [0.25, 0.3) is 0 Å². The van der Waals surface area contributed by atoms with Gasteiger partial charge in [0, 0.05) is 0 Å². The van der Waals surface area contributed by atoms with Crippen LogP contribution in [0.1, 0.15) is 47.9 Å². The maximum atomic E-state index is 5.76. The van der Waals surface area contributed by atoms with Crippen LogP contribution in [0.3, 0.4) is 0 Å². The average Bonchev–Trinajstić information content (AvgIpc) is 2.50. The van der Waals surface area contributed by atoms with Gasteiger partial charge in [0.05, 0.1) is 6.61 Å². The standard InChI is InChI=1S/C21H26O/c1-17-7-13-21(14-8-17)22-15-5-3-2-4-6-18-9-10-19-11-12-20(19)16-18/h7-10,13-14,16H,2-6,11-12,15H2,1H3. The molecule has 22 heavy (non-hydrogen) atoms. The smallest absolute Gasteiger partial charge is 0.119 e. The fraction of sp³-hybridized carbons (Fsp3) is 0.429. The second-order valence-corrected chi connectivity index (χ2v) is 6.43. The van der Waals surface area contributed by atoms with Gasteiger partial charge < -0.3 is 4.74 Å². The molecule has 0 spiro atoms. The minimum absolute atomic E-state index is 0.835. The van der Waals surface area contributed by atoms with E-state index in [2.05, 4.69) is 49.4 Å². The molecular weight excluding hydrogens is 268 g/mol. The molecule has 0 aromatic heterocycles. The largest absolute Gasteiger partial charge is 0.494 e.